The van der Waals surface area contributed by atoms with E-state index in [9.17, 15) is 18.0 Å². The first-order chi connectivity index (χ1) is 11.2. The Morgan fingerprint density at radius 3 is 2.12 bits per heavy atom. The van der Waals surface area contributed by atoms with Crippen molar-refractivity contribution in [1.82, 2.24) is 9.21 Å². The molecule has 0 aliphatic rings. The van der Waals surface area contributed by atoms with Crippen LogP contribution in [0.25, 0.3) is 0 Å². The number of rotatable bonds is 8. The molecule has 1 aromatic carbocycles. The van der Waals surface area contributed by atoms with E-state index >= 15 is 0 Å². The van der Waals surface area contributed by atoms with Crippen molar-refractivity contribution in [2.24, 2.45) is 0 Å². The standard InChI is InChI=1S/C16H24N2O5S/c1-5-17(11-15(19)20)16(21)13-9-8-12(4)14(10-13)24(22,23)18(6-2)7-3/h8-10H,5-7,11H2,1-4H3,(H,19,20). The van der Waals surface area contributed by atoms with E-state index in [1.165, 1.54) is 16.4 Å². The summed E-state index contributed by atoms with van der Waals surface area (Å²) >= 11 is 0. The highest BCUT2D eigenvalue weighted by atomic mass is 32.2. The molecular formula is C16H24N2O5S. The molecule has 8 heteroatoms. The van der Waals surface area contributed by atoms with Crippen molar-refractivity contribution in [2.45, 2.75) is 32.6 Å². The molecule has 1 amide bonds. The highest BCUT2D eigenvalue weighted by molar-refractivity contribution is 7.89. The fraction of sp³-hybridized carbons (Fsp3) is 0.500. The Hall–Kier alpha value is -1.93. The molecule has 0 aromatic heterocycles. The number of carbonyl (C=O) groups is 2. The number of aliphatic carboxylic acids is 1. The van der Waals surface area contributed by atoms with Crippen molar-refractivity contribution in [2.75, 3.05) is 26.2 Å². The number of carboxylic acids is 1. The van der Waals surface area contributed by atoms with Gasteiger partial charge >= 0.3 is 5.97 Å². The van der Waals surface area contributed by atoms with Crippen LogP contribution in [0.2, 0.25) is 0 Å². The quantitative estimate of drug-likeness (QED) is 0.763. The van der Waals surface area contributed by atoms with Crippen LogP contribution in [0.4, 0.5) is 0 Å². The monoisotopic (exact) mass is 356 g/mol. The molecule has 0 spiro atoms. The first-order valence-electron chi connectivity index (χ1n) is 7.80. The smallest absolute Gasteiger partial charge is 0.323 e. The van der Waals surface area contributed by atoms with Gasteiger partial charge in [0.2, 0.25) is 10.0 Å². The average Bonchev–Trinajstić information content (AvgIpc) is 2.52. The van der Waals surface area contributed by atoms with E-state index in [1.54, 1.807) is 33.8 Å². The van der Waals surface area contributed by atoms with Crippen LogP contribution in [0.3, 0.4) is 0 Å². The Morgan fingerprint density at radius 2 is 1.67 bits per heavy atom. The van der Waals surface area contributed by atoms with Gasteiger partial charge < -0.3 is 10.0 Å². The number of hydrogen-bond acceptors (Lipinski definition) is 4. The molecular weight excluding hydrogens is 332 g/mol. The summed E-state index contributed by atoms with van der Waals surface area (Å²) in [5, 5.41) is 8.88. The molecule has 0 fully saturated rings. The largest absolute Gasteiger partial charge is 0.480 e. The van der Waals surface area contributed by atoms with Crippen molar-refractivity contribution in [1.29, 1.82) is 0 Å². The van der Waals surface area contributed by atoms with Crippen LogP contribution < -0.4 is 0 Å². The lowest BCUT2D eigenvalue weighted by Crippen LogP contribution is -2.36. The number of benzene rings is 1. The van der Waals surface area contributed by atoms with E-state index in [1.807, 2.05) is 0 Å². The second-order valence-corrected chi connectivity index (χ2v) is 7.19. The lowest BCUT2D eigenvalue weighted by Gasteiger charge is -2.22. The Kier molecular flexibility index (Phi) is 6.92. The molecule has 0 bridgehead atoms. The highest BCUT2D eigenvalue weighted by Crippen LogP contribution is 2.22. The number of amides is 1. The van der Waals surface area contributed by atoms with Crippen LogP contribution in [-0.4, -0.2) is 60.8 Å². The fourth-order valence-electron chi connectivity index (χ4n) is 2.39. The molecule has 1 rings (SSSR count). The third-order valence-corrected chi connectivity index (χ3v) is 5.95. The summed E-state index contributed by atoms with van der Waals surface area (Å²) in [4.78, 5) is 24.5. The molecule has 0 saturated heterocycles. The molecule has 0 heterocycles. The van der Waals surface area contributed by atoms with Gasteiger partial charge in [0.05, 0.1) is 4.90 Å². The fourth-order valence-corrected chi connectivity index (χ4v) is 4.10. The molecule has 0 saturated carbocycles. The number of carboxylic acid groups (broad SMARTS) is 1. The second kappa shape index (κ2) is 8.25. The van der Waals surface area contributed by atoms with Gasteiger partial charge in [-0.15, -0.1) is 0 Å². The van der Waals surface area contributed by atoms with Crippen molar-refractivity contribution in [3.05, 3.63) is 29.3 Å². The van der Waals surface area contributed by atoms with Gasteiger partial charge in [-0.2, -0.15) is 4.31 Å². The number of hydrogen-bond donors (Lipinski definition) is 1. The number of nitrogens with zero attached hydrogens (tertiary/aromatic N) is 2. The summed E-state index contributed by atoms with van der Waals surface area (Å²) in [5.41, 5.74) is 0.703. The minimum atomic E-state index is -3.70. The molecule has 134 valence electrons. The maximum atomic E-state index is 12.7. The minimum absolute atomic E-state index is 0.0726. The SMILES string of the molecule is CCN(CC(=O)O)C(=O)c1ccc(C)c(S(=O)(=O)N(CC)CC)c1. The average molecular weight is 356 g/mol. The summed E-state index contributed by atoms with van der Waals surface area (Å²) in [6.45, 7) is 7.28. The molecule has 0 radical (unpaired) electrons. The summed E-state index contributed by atoms with van der Waals surface area (Å²) in [5.74, 6) is -1.62. The first-order valence-corrected chi connectivity index (χ1v) is 9.24. The van der Waals surface area contributed by atoms with Crippen molar-refractivity contribution in [3.8, 4) is 0 Å². The lowest BCUT2D eigenvalue weighted by molar-refractivity contribution is -0.137. The molecule has 0 unspecified atom stereocenters. The van der Waals surface area contributed by atoms with E-state index < -0.39 is 28.4 Å². The molecule has 7 nitrogen and oxygen atoms in total. The van der Waals surface area contributed by atoms with Crippen molar-refractivity contribution >= 4 is 21.9 Å². The Morgan fingerprint density at radius 1 is 1.08 bits per heavy atom. The predicted octanol–water partition coefficient (Wildman–Crippen LogP) is 1.57. The Bertz CT molecular complexity index is 711. The Balaban J connectivity index is 3.32. The number of carbonyl (C=O) groups excluding carboxylic acids is 1. The van der Waals surface area contributed by atoms with E-state index in [2.05, 4.69) is 0 Å². The van der Waals surface area contributed by atoms with Crippen LogP contribution >= 0.6 is 0 Å². The minimum Gasteiger partial charge on any atom is -0.480 e. The Labute approximate surface area is 142 Å². The lowest BCUT2D eigenvalue weighted by atomic mass is 10.1. The molecule has 0 aliphatic carbocycles. The van der Waals surface area contributed by atoms with Crippen LogP contribution in [0, 0.1) is 6.92 Å². The molecule has 24 heavy (non-hydrogen) atoms. The number of aryl methyl sites for hydroxylation is 1. The van der Waals surface area contributed by atoms with Crippen molar-refractivity contribution in [3.63, 3.8) is 0 Å². The summed E-state index contributed by atoms with van der Waals surface area (Å²) in [6, 6.07) is 4.41. The normalized spacial score (nSPS) is 11.5. The second-order valence-electron chi connectivity index (χ2n) is 5.28. The van der Waals surface area contributed by atoms with E-state index in [0.717, 1.165) is 4.90 Å². The topological polar surface area (TPSA) is 95.0 Å². The molecule has 1 N–H and O–H groups in total. The molecule has 1 aromatic rings. The zero-order valence-corrected chi connectivity index (χ0v) is 15.3. The number of likely N-dealkylation sites (N-methyl/N-ethyl adjacent to an activating group) is 1. The predicted molar refractivity (Wildman–Crippen MR) is 90.5 cm³/mol. The van der Waals surface area contributed by atoms with E-state index in [0.29, 0.717) is 18.7 Å². The van der Waals surface area contributed by atoms with Crippen LogP contribution in [0.5, 0.6) is 0 Å². The van der Waals surface area contributed by atoms with E-state index in [4.69, 9.17) is 5.11 Å². The highest BCUT2D eigenvalue weighted by Gasteiger charge is 2.26. The van der Waals surface area contributed by atoms with Gasteiger partial charge in [-0.05, 0) is 31.5 Å². The summed E-state index contributed by atoms with van der Waals surface area (Å²) in [7, 11) is -3.70. The van der Waals surface area contributed by atoms with Gasteiger partial charge in [-0.3, -0.25) is 9.59 Å². The zero-order chi connectivity index (χ0) is 18.5. The maximum absolute atomic E-state index is 12.7. The number of sulfonamides is 1. The third-order valence-electron chi connectivity index (χ3n) is 3.75. The molecule has 0 aliphatic heterocycles. The van der Waals surface area contributed by atoms with Gasteiger partial charge in [0, 0.05) is 25.2 Å². The van der Waals surface area contributed by atoms with E-state index in [-0.39, 0.29) is 17.0 Å². The molecule has 0 atom stereocenters. The van der Waals surface area contributed by atoms with Crippen LogP contribution in [-0.2, 0) is 14.8 Å². The van der Waals surface area contributed by atoms with Crippen LogP contribution in [0.15, 0.2) is 23.1 Å². The van der Waals surface area contributed by atoms with Gasteiger partial charge in [0.15, 0.2) is 0 Å². The first kappa shape index (κ1) is 20.1. The van der Waals surface area contributed by atoms with Gasteiger partial charge in [-0.25, -0.2) is 8.42 Å². The summed E-state index contributed by atoms with van der Waals surface area (Å²) in [6.07, 6.45) is 0. The summed E-state index contributed by atoms with van der Waals surface area (Å²) < 4.78 is 26.7. The van der Waals surface area contributed by atoms with Gasteiger partial charge in [0.1, 0.15) is 6.54 Å². The van der Waals surface area contributed by atoms with Crippen molar-refractivity contribution < 1.29 is 23.1 Å². The maximum Gasteiger partial charge on any atom is 0.323 e. The third kappa shape index (κ3) is 4.33. The van der Waals surface area contributed by atoms with Crippen LogP contribution in [0.1, 0.15) is 36.7 Å². The zero-order valence-electron chi connectivity index (χ0n) is 14.4. The van der Waals surface area contributed by atoms with Gasteiger partial charge in [-0.1, -0.05) is 19.9 Å². The van der Waals surface area contributed by atoms with Gasteiger partial charge in [0.25, 0.3) is 5.91 Å².